The Bertz CT molecular complexity index is 205. The number of Topliss-reactive ketones (excluding diaryl/α,β-unsaturated/α-hetero) is 1. The Morgan fingerprint density at radius 1 is 1.38 bits per heavy atom. The summed E-state index contributed by atoms with van der Waals surface area (Å²) in [7, 11) is 0. The van der Waals surface area contributed by atoms with Crippen molar-refractivity contribution < 1.29 is 18.7 Å². The van der Waals surface area contributed by atoms with Crippen molar-refractivity contribution in [1.29, 1.82) is 0 Å². The van der Waals surface area contributed by atoms with E-state index in [9.17, 15) is 14.0 Å². The van der Waals surface area contributed by atoms with E-state index in [0.29, 0.717) is 0 Å². The first-order valence-electron chi connectivity index (χ1n) is 4.15. The molecule has 1 unspecified atom stereocenters. The molecule has 0 radical (unpaired) electrons. The first-order valence-corrected chi connectivity index (χ1v) is 4.15. The molecule has 1 atom stereocenters. The average molecular weight is 190 g/mol. The van der Waals surface area contributed by atoms with Crippen LogP contribution in [0.2, 0.25) is 0 Å². The fourth-order valence-electron chi connectivity index (χ4n) is 0.703. The molecule has 0 bridgehead atoms. The maximum absolute atomic E-state index is 13.0. The van der Waals surface area contributed by atoms with Crippen molar-refractivity contribution in [1.82, 2.24) is 0 Å². The lowest BCUT2D eigenvalue weighted by molar-refractivity contribution is -0.155. The molecule has 0 spiro atoms. The normalized spacial score (nSPS) is 13.6. The minimum atomic E-state index is -2.15. The van der Waals surface area contributed by atoms with Gasteiger partial charge in [0.2, 0.25) is 0 Å². The number of esters is 1. The van der Waals surface area contributed by atoms with Crippen LogP contribution in [0.5, 0.6) is 0 Å². The number of carbonyl (C=O) groups excluding carboxylic acids is 2. The molecular weight excluding hydrogens is 175 g/mol. The lowest BCUT2D eigenvalue weighted by atomic mass is 9.88. The number of hydrogen-bond donors (Lipinski definition) is 0. The van der Waals surface area contributed by atoms with Crippen LogP contribution < -0.4 is 0 Å². The Kier molecular flexibility index (Phi) is 4.04. The molecule has 0 aromatic heterocycles. The van der Waals surface area contributed by atoms with Crippen molar-refractivity contribution in [2.24, 2.45) is 5.41 Å². The standard InChI is InChI=1S/C9H15FO3/c1-5-13-8(12)6(10)7(11)9(2,3)4/h6H,5H2,1-4H3. The zero-order valence-corrected chi connectivity index (χ0v) is 8.39. The molecule has 13 heavy (non-hydrogen) atoms. The highest BCUT2D eigenvalue weighted by molar-refractivity contribution is 6.04. The number of halogens is 1. The van der Waals surface area contributed by atoms with Gasteiger partial charge in [0.15, 0.2) is 5.78 Å². The van der Waals surface area contributed by atoms with Gasteiger partial charge in [-0.25, -0.2) is 9.18 Å². The maximum atomic E-state index is 13.0. The molecule has 0 aliphatic carbocycles. The maximum Gasteiger partial charge on any atom is 0.348 e. The SMILES string of the molecule is CCOC(=O)C(F)C(=O)C(C)(C)C. The lowest BCUT2D eigenvalue weighted by Gasteiger charge is -2.18. The number of alkyl halides is 1. The summed E-state index contributed by atoms with van der Waals surface area (Å²) in [6, 6.07) is 0. The minimum absolute atomic E-state index is 0.0800. The summed E-state index contributed by atoms with van der Waals surface area (Å²) in [5.74, 6) is -1.84. The molecule has 0 aromatic carbocycles. The van der Waals surface area contributed by atoms with E-state index in [2.05, 4.69) is 4.74 Å². The summed E-state index contributed by atoms with van der Waals surface area (Å²) in [5, 5.41) is 0. The minimum Gasteiger partial charge on any atom is -0.463 e. The third-order valence-electron chi connectivity index (χ3n) is 1.46. The van der Waals surface area contributed by atoms with E-state index in [4.69, 9.17) is 0 Å². The zero-order chi connectivity index (χ0) is 10.6. The van der Waals surface area contributed by atoms with Crippen LogP contribution in [-0.2, 0) is 14.3 Å². The molecule has 0 saturated carbocycles. The first-order chi connectivity index (χ1) is 5.80. The van der Waals surface area contributed by atoms with Crippen LogP contribution in [0.1, 0.15) is 27.7 Å². The highest BCUT2D eigenvalue weighted by Crippen LogP contribution is 2.18. The molecule has 0 aliphatic rings. The lowest BCUT2D eigenvalue weighted by Crippen LogP contribution is -2.36. The van der Waals surface area contributed by atoms with Crippen LogP contribution in [-0.4, -0.2) is 24.5 Å². The highest BCUT2D eigenvalue weighted by atomic mass is 19.1. The Balaban J connectivity index is 4.35. The van der Waals surface area contributed by atoms with Crippen LogP contribution in [0.25, 0.3) is 0 Å². The molecule has 0 aromatic rings. The van der Waals surface area contributed by atoms with Crippen LogP contribution in [0, 0.1) is 5.41 Å². The van der Waals surface area contributed by atoms with Crippen LogP contribution >= 0.6 is 0 Å². The number of carbonyl (C=O) groups is 2. The average Bonchev–Trinajstić information content (AvgIpc) is 2.00. The Hall–Kier alpha value is -0.930. The van der Waals surface area contributed by atoms with Gasteiger partial charge in [-0.2, -0.15) is 0 Å². The van der Waals surface area contributed by atoms with Gasteiger partial charge in [-0.3, -0.25) is 4.79 Å². The predicted molar refractivity (Wildman–Crippen MR) is 46.0 cm³/mol. The second-order valence-electron chi connectivity index (χ2n) is 3.73. The van der Waals surface area contributed by atoms with Crippen LogP contribution in [0.3, 0.4) is 0 Å². The van der Waals surface area contributed by atoms with Crippen molar-refractivity contribution in [2.75, 3.05) is 6.61 Å². The number of ether oxygens (including phenoxy) is 1. The number of ketones is 1. The Morgan fingerprint density at radius 3 is 2.15 bits per heavy atom. The first kappa shape index (κ1) is 12.1. The molecule has 0 rings (SSSR count). The van der Waals surface area contributed by atoms with Crippen LogP contribution in [0.4, 0.5) is 4.39 Å². The van der Waals surface area contributed by atoms with Crippen molar-refractivity contribution in [3.05, 3.63) is 0 Å². The number of rotatable bonds is 3. The summed E-state index contributed by atoms with van der Waals surface area (Å²) < 4.78 is 17.4. The van der Waals surface area contributed by atoms with Gasteiger partial charge in [0.25, 0.3) is 6.17 Å². The van der Waals surface area contributed by atoms with Gasteiger partial charge in [-0.05, 0) is 6.92 Å². The van der Waals surface area contributed by atoms with Crippen molar-refractivity contribution in [2.45, 2.75) is 33.9 Å². The smallest absolute Gasteiger partial charge is 0.348 e. The summed E-state index contributed by atoms with van der Waals surface area (Å²) in [4.78, 5) is 22.0. The van der Waals surface area contributed by atoms with Gasteiger partial charge in [0.05, 0.1) is 6.61 Å². The van der Waals surface area contributed by atoms with E-state index in [-0.39, 0.29) is 6.61 Å². The Labute approximate surface area is 77.3 Å². The topological polar surface area (TPSA) is 43.4 Å². The van der Waals surface area contributed by atoms with Crippen LogP contribution in [0.15, 0.2) is 0 Å². The van der Waals surface area contributed by atoms with Crippen molar-refractivity contribution in [3.63, 3.8) is 0 Å². The van der Waals surface area contributed by atoms with E-state index >= 15 is 0 Å². The highest BCUT2D eigenvalue weighted by Gasteiger charge is 2.35. The Morgan fingerprint density at radius 2 is 1.85 bits per heavy atom. The summed E-state index contributed by atoms with van der Waals surface area (Å²) in [5.41, 5.74) is -0.855. The molecule has 0 amide bonds. The number of hydrogen-bond acceptors (Lipinski definition) is 3. The fourth-order valence-corrected chi connectivity index (χ4v) is 0.703. The van der Waals surface area contributed by atoms with Gasteiger partial charge in [0.1, 0.15) is 0 Å². The largest absolute Gasteiger partial charge is 0.463 e. The third kappa shape index (κ3) is 3.53. The van der Waals surface area contributed by atoms with Gasteiger partial charge >= 0.3 is 5.97 Å². The molecule has 76 valence electrons. The van der Waals surface area contributed by atoms with Crippen molar-refractivity contribution >= 4 is 11.8 Å². The van der Waals surface area contributed by atoms with E-state index in [0.717, 1.165) is 0 Å². The van der Waals surface area contributed by atoms with Gasteiger partial charge in [-0.15, -0.1) is 0 Å². The van der Waals surface area contributed by atoms with E-state index < -0.39 is 23.3 Å². The van der Waals surface area contributed by atoms with Crippen molar-refractivity contribution in [3.8, 4) is 0 Å². The fraction of sp³-hybridized carbons (Fsp3) is 0.778. The molecular formula is C9H15FO3. The molecule has 0 N–H and O–H groups in total. The second kappa shape index (κ2) is 4.35. The third-order valence-corrected chi connectivity index (χ3v) is 1.46. The molecule has 0 heterocycles. The van der Waals surface area contributed by atoms with Gasteiger partial charge in [-0.1, -0.05) is 20.8 Å². The van der Waals surface area contributed by atoms with E-state index in [1.54, 1.807) is 27.7 Å². The zero-order valence-electron chi connectivity index (χ0n) is 8.39. The molecule has 0 aliphatic heterocycles. The molecule has 0 fully saturated rings. The molecule has 3 nitrogen and oxygen atoms in total. The second-order valence-corrected chi connectivity index (χ2v) is 3.73. The molecule has 4 heteroatoms. The van der Waals surface area contributed by atoms with E-state index in [1.807, 2.05) is 0 Å². The predicted octanol–water partition coefficient (Wildman–Crippen LogP) is 1.50. The summed E-state index contributed by atoms with van der Waals surface area (Å²) in [6.45, 7) is 6.31. The van der Waals surface area contributed by atoms with Gasteiger partial charge < -0.3 is 4.74 Å². The quantitative estimate of drug-likeness (QED) is 0.500. The van der Waals surface area contributed by atoms with E-state index in [1.165, 1.54) is 0 Å². The molecule has 0 saturated heterocycles. The monoisotopic (exact) mass is 190 g/mol. The van der Waals surface area contributed by atoms with Gasteiger partial charge in [0, 0.05) is 5.41 Å². The summed E-state index contributed by atoms with van der Waals surface area (Å²) in [6.07, 6.45) is -2.15. The summed E-state index contributed by atoms with van der Waals surface area (Å²) >= 11 is 0.